The average Bonchev–Trinajstić information content (AvgIpc) is 3.01. The third-order valence-corrected chi connectivity index (χ3v) is 5.71. The molecule has 0 bridgehead atoms. The molecule has 0 fully saturated rings. The molecule has 1 aromatic carbocycles. The molecule has 0 aliphatic carbocycles. The lowest BCUT2D eigenvalue weighted by Crippen LogP contribution is -2.24. The molecule has 1 aliphatic heterocycles. The summed E-state index contributed by atoms with van der Waals surface area (Å²) in [6.07, 6.45) is 4.38. The molecule has 5 rings (SSSR count). The van der Waals surface area contributed by atoms with Gasteiger partial charge in [0.2, 0.25) is 0 Å². The topological polar surface area (TPSA) is 51.9 Å². The molecule has 0 saturated carbocycles. The molecule has 4 aromatic rings. The zero-order chi connectivity index (χ0) is 19.3. The van der Waals surface area contributed by atoms with Crippen LogP contribution in [0.1, 0.15) is 11.3 Å². The number of nitrogens with zero attached hydrogens (tertiary/aromatic N) is 3. The van der Waals surface area contributed by atoms with Crippen molar-refractivity contribution in [2.24, 2.45) is 7.05 Å². The van der Waals surface area contributed by atoms with Gasteiger partial charge < -0.3 is 9.88 Å². The second kappa shape index (κ2) is 6.62. The van der Waals surface area contributed by atoms with E-state index in [1.807, 2.05) is 12.1 Å². The van der Waals surface area contributed by atoms with E-state index < -0.39 is 0 Å². The van der Waals surface area contributed by atoms with E-state index >= 15 is 0 Å². The molecule has 1 aliphatic rings. The van der Waals surface area contributed by atoms with Crippen LogP contribution >= 0.6 is 11.6 Å². The minimum atomic E-state index is -0.0997. The van der Waals surface area contributed by atoms with Crippen molar-refractivity contribution in [1.29, 1.82) is 0 Å². The van der Waals surface area contributed by atoms with Crippen LogP contribution in [0.4, 0.5) is 0 Å². The standard InChI is InChI=1S/C22H19ClN4O/c1-26-20-8-9-24-13-18(20)16-6-5-15(11-21(16)26)27-10-2-3-17(22(27)28)19-7-4-14(23)12-25-19/h2-7,10-12,24H,8-9,13H2,1H3. The quantitative estimate of drug-likeness (QED) is 0.568. The molecule has 0 radical (unpaired) electrons. The molecule has 0 amide bonds. The van der Waals surface area contributed by atoms with Gasteiger partial charge in [-0.3, -0.25) is 14.3 Å². The lowest BCUT2D eigenvalue weighted by Gasteiger charge is -2.14. The Labute approximate surface area is 167 Å². The van der Waals surface area contributed by atoms with Gasteiger partial charge in [0.15, 0.2) is 0 Å². The predicted octanol–water partition coefficient (Wildman–Crippen LogP) is 3.69. The zero-order valence-corrected chi connectivity index (χ0v) is 16.2. The monoisotopic (exact) mass is 390 g/mol. The number of aryl methyl sites for hydroxylation is 1. The fourth-order valence-electron chi connectivity index (χ4n) is 4.07. The highest BCUT2D eigenvalue weighted by Crippen LogP contribution is 2.29. The fourth-order valence-corrected chi connectivity index (χ4v) is 4.18. The molecule has 28 heavy (non-hydrogen) atoms. The highest BCUT2D eigenvalue weighted by atomic mass is 35.5. The third-order valence-electron chi connectivity index (χ3n) is 5.49. The summed E-state index contributed by atoms with van der Waals surface area (Å²) in [6.45, 7) is 1.89. The maximum Gasteiger partial charge on any atom is 0.264 e. The number of pyridine rings is 2. The van der Waals surface area contributed by atoms with Crippen LogP contribution in [0.25, 0.3) is 27.8 Å². The maximum absolute atomic E-state index is 13.1. The van der Waals surface area contributed by atoms with Crippen LogP contribution in [-0.2, 0) is 20.0 Å². The summed E-state index contributed by atoms with van der Waals surface area (Å²) in [5, 5.41) is 5.24. The lowest BCUT2D eigenvalue weighted by atomic mass is 10.1. The van der Waals surface area contributed by atoms with Gasteiger partial charge in [-0.25, -0.2) is 0 Å². The van der Waals surface area contributed by atoms with Crippen molar-refractivity contribution in [2.45, 2.75) is 13.0 Å². The van der Waals surface area contributed by atoms with E-state index in [1.54, 1.807) is 35.2 Å². The average molecular weight is 391 g/mol. The minimum absolute atomic E-state index is 0.0997. The van der Waals surface area contributed by atoms with Crippen LogP contribution in [0.15, 0.2) is 59.7 Å². The Bertz CT molecular complexity index is 1250. The molecule has 0 saturated heterocycles. The van der Waals surface area contributed by atoms with Gasteiger partial charge in [-0.1, -0.05) is 17.7 Å². The number of fused-ring (bicyclic) bond motifs is 3. The summed E-state index contributed by atoms with van der Waals surface area (Å²) < 4.78 is 3.93. The molecule has 3 aromatic heterocycles. The van der Waals surface area contributed by atoms with Crippen LogP contribution in [0, 0.1) is 0 Å². The Kier molecular flexibility index (Phi) is 4.07. The van der Waals surface area contributed by atoms with Crippen LogP contribution in [0.3, 0.4) is 0 Å². The van der Waals surface area contributed by atoms with Gasteiger partial charge in [0.1, 0.15) is 0 Å². The van der Waals surface area contributed by atoms with E-state index in [0.29, 0.717) is 16.3 Å². The Balaban J connectivity index is 1.66. The van der Waals surface area contributed by atoms with E-state index in [1.165, 1.54) is 16.6 Å². The third kappa shape index (κ3) is 2.66. The Morgan fingerprint density at radius 3 is 2.89 bits per heavy atom. The van der Waals surface area contributed by atoms with Crippen molar-refractivity contribution in [3.63, 3.8) is 0 Å². The van der Waals surface area contributed by atoms with E-state index in [9.17, 15) is 4.79 Å². The van der Waals surface area contributed by atoms with Crippen molar-refractivity contribution >= 4 is 22.5 Å². The van der Waals surface area contributed by atoms with E-state index in [4.69, 9.17) is 11.6 Å². The lowest BCUT2D eigenvalue weighted by molar-refractivity contribution is 0.622. The number of halogens is 1. The molecule has 0 unspecified atom stereocenters. The Hall–Kier alpha value is -2.89. The van der Waals surface area contributed by atoms with Gasteiger partial charge in [0.05, 0.1) is 27.5 Å². The first-order valence-corrected chi connectivity index (χ1v) is 9.66. The number of benzene rings is 1. The molecular weight excluding hydrogens is 372 g/mol. The van der Waals surface area contributed by atoms with Gasteiger partial charge >= 0.3 is 0 Å². The molecule has 6 heteroatoms. The Morgan fingerprint density at radius 1 is 1.18 bits per heavy atom. The van der Waals surface area contributed by atoms with E-state index in [2.05, 4.69) is 34.0 Å². The summed E-state index contributed by atoms with van der Waals surface area (Å²) in [5.74, 6) is 0. The van der Waals surface area contributed by atoms with Crippen molar-refractivity contribution in [3.05, 3.63) is 81.5 Å². The normalized spacial score (nSPS) is 13.6. The van der Waals surface area contributed by atoms with Crippen molar-refractivity contribution in [1.82, 2.24) is 19.4 Å². The van der Waals surface area contributed by atoms with Gasteiger partial charge in [0.25, 0.3) is 5.56 Å². The predicted molar refractivity (Wildman–Crippen MR) is 112 cm³/mol. The Morgan fingerprint density at radius 2 is 2.07 bits per heavy atom. The molecule has 0 atom stereocenters. The SMILES string of the molecule is Cn1c2c(c3ccc(-n4cccc(-c5ccc(Cl)cn5)c4=O)cc31)CNCC2. The first kappa shape index (κ1) is 17.2. The zero-order valence-electron chi connectivity index (χ0n) is 15.4. The minimum Gasteiger partial charge on any atom is -0.347 e. The molecule has 0 spiro atoms. The first-order valence-electron chi connectivity index (χ1n) is 9.28. The number of nitrogens with one attached hydrogen (secondary N) is 1. The maximum atomic E-state index is 13.1. The first-order chi connectivity index (χ1) is 13.6. The van der Waals surface area contributed by atoms with Crippen LogP contribution in [0.5, 0.6) is 0 Å². The summed E-state index contributed by atoms with van der Waals surface area (Å²) in [4.78, 5) is 17.4. The van der Waals surface area contributed by atoms with Crippen LogP contribution < -0.4 is 10.9 Å². The van der Waals surface area contributed by atoms with Gasteiger partial charge in [-0.05, 0) is 42.0 Å². The second-order valence-corrected chi connectivity index (χ2v) is 7.51. The van der Waals surface area contributed by atoms with Crippen molar-refractivity contribution < 1.29 is 0 Å². The summed E-state index contributed by atoms with van der Waals surface area (Å²) >= 11 is 5.93. The number of rotatable bonds is 2. The molecule has 1 N–H and O–H groups in total. The van der Waals surface area contributed by atoms with Gasteiger partial charge in [-0.15, -0.1) is 0 Å². The molecule has 5 nitrogen and oxygen atoms in total. The van der Waals surface area contributed by atoms with Crippen molar-refractivity contribution in [3.8, 4) is 16.9 Å². The largest absolute Gasteiger partial charge is 0.347 e. The molecular formula is C22H19ClN4O. The summed E-state index contributed by atoms with van der Waals surface area (Å²) in [5.41, 5.74) is 5.80. The fraction of sp³-hybridized carbons (Fsp3) is 0.182. The van der Waals surface area contributed by atoms with Gasteiger partial charge in [-0.2, -0.15) is 0 Å². The summed E-state index contributed by atoms with van der Waals surface area (Å²) in [6, 6.07) is 13.4. The highest BCUT2D eigenvalue weighted by molar-refractivity contribution is 6.30. The number of aromatic nitrogens is 3. The van der Waals surface area contributed by atoms with E-state index in [0.717, 1.165) is 30.7 Å². The smallest absolute Gasteiger partial charge is 0.264 e. The van der Waals surface area contributed by atoms with Crippen LogP contribution in [0.2, 0.25) is 5.02 Å². The number of hydrogen-bond donors (Lipinski definition) is 1. The highest BCUT2D eigenvalue weighted by Gasteiger charge is 2.18. The van der Waals surface area contributed by atoms with Crippen molar-refractivity contribution in [2.75, 3.05) is 6.54 Å². The molecule has 4 heterocycles. The second-order valence-electron chi connectivity index (χ2n) is 7.07. The molecule has 140 valence electrons. The van der Waals surface area contributed by atoms with Crippen LogP contribution in [-0.4, -0.2) is 20.7 Å². The number of hydrogen-bond acceptors (Lipinski definition) is 3. The van der Waals surface area contributed by atoms with E-state index in [-0.39, 0.29) is 5.56 Å². The van der Waals surface area contributed by atoms with Gasteiger partial charge in [0, 0.05) is 50.0 Å². The summed E-state index contributed by atoms with van der Waals surface area (Å²) in [7, 11) is 2.10.